The second-order valence-electron chi connectivity index (χ2n) is 2.64. The average Bonchev–Trinajstić information content (AvgIpc) is 2.17. The normalized spacial score (nSPS) is 10.5. The Bertz CT molecular complexity index is 451. The Morgan fingerprint density at radius 1 is 1.53 bits per heavy atom. The van der Waals surface area contributed by atoms with Crippen molar-refractivity contribution in [3.63, 3.8) is 0 Å². The molecule has 0 aliphatic rings. The van der Waals surface area contributed by atoms with Crippen molar-refractivity contribution in [2.24, 2.45) is 0 Å². The first kappa shape index (κ1) is 11.0. The molecule has 0 atom stereocenters. The van der Waals surface area contributed by atoms with Crippen LogP contribution in [0.1, 0.15) is 16.8 Å². The zero-order chi connectivity index (χ0) is 11.5. The van der Waals surface area contributed by atoms with E-state index in [1.165, 1.54) is 0 Å². The van der Waals surface area contributed by atoms with Crippen molar-refractivity contribution >= 4 is 0 Å². The third-order valence-electron chi connectivity index (χ3n) is 1.63. The fraction of sp³-hybridized carbons (Fsp3) is 0.222. The summed E-state index contributed by atoms with van der Waals surface area (Å²) in [6.45, 7) is 6.05. The van der Waals surface area contributed by atoms with Gasteiger partial charge < -0.3 is 4.85 Å². The van der Waals surface area contributed by atoms with E-state index in [4.69, 9.17) is 11.8 Å². The Kier molecular flexibility index (Phi) is 2.91. The molecule has 1 aromatic heterocycles. The van der Waals surface area contributed by atoms with Gasteiger partial charge in [0.05, 0.1) is 11.1 Å². The van der Waals surface area contributed by atoms with Crippen LogP contribution >= 0.6 is 0 Å². The Morgan fingerprint density at radius 2 is 2.20 bits per heavy atom. The molecule has 1 rings (SSSR count). The van der Waals surface area contributed by atoms with Crippen LogP contribution in [0.4, 0.5) is 13.2 Å². The van der Waals surface area contributed by atoms with E-state index < -0.39 is 18.3 Å². The van der Waals surface area contributed by atoms with Gasteiger partial charge in [-0.05, 0) is 6.07 Å². The number of nitriles is 1. The van der Waals surface area contributed by atoms with Crippen molar-refractivity contribution < 1.29 is 13.2 Å². The summed E-state index contributed by atoms with van der Waals surface area (Å²) in [7, 11) is 0. The van der Waals surface area contributed by atoms with Crippen LogP contribution in [0.5, 0.6) is 0 Å². The van der Waals surface area contributed by atoms with Gasteiger partial charge in [-0.2, -0.15) is 18.4 Å². The van der Waals surface area contributed by atoms with E-state index in [1.54, 1.807) is 6.07 Å². The van der Waals surface area contributed by atoms with Gasteiger partial charge >= 0.3 is 6.18 Å². The molecule has 15 heavy (non-hydrogen) atoms. The number of nitrogens with zero attached hydrogens (tertiary/aromatic N) is 3. The van der Waals surface area contributed by atoms with Crippen molar-refractivity contribution in [3.8, 4) is 6.07 Å². The Labute approximate surface area is 83.6 Å². The molecule has 1 heterocycles. The molecular weight excluding hydrogens is 207 g/mol. The smallest absolute Gasteiger partial charge is 0.310 e. The molecule has 0 unspecified atom stereocenters. The predicted octanol–water partition coefficient (Wildman–Crippen LogP) is 2.39. The van der Waals surface area contributed by atoms with Crippen LogP contribution in [0.15, 0.2) is 12.3 Å². The van der Waals surface area contributed by atoms with Gasteiger partial charge in [0.15, 0.2) is 0 Å². The third-order valence-corrected chi connectivity index (χ3v) is 1.63. The lowest BCUT2D eigenvalue weighted by Gasteiger charge is -2.08. The summed E-state index contributed by atoms with van der Waals surface area (Å²) in [5, 5.41) is 8.43. The lowest BCUT2D eigenvalue weighted by atomic mass is 10.1. The third kappa shape index (κ3) is 2.44. The molecule has 3 nitrogen and oxygen atoms in total. The van der Waals surface area contributed by atoms with Crippen LogP contribution in [0, 0.1) is 17.9 Å². The van der Waals surface area contributed by atoms with Gasteiger partial charge in [0.25, 0.3) is 6.54 Å². The number of hydrogen-bond donors (Lipinski definition) is 0. The second kappa shape index (κ2) is 3.97. The van der Waals surface area contributed by atoms with E-state index >= 15 is 0 Å². The highest BCUT2D eigenvalue weighted by Crippen LogP contribution is 2.31. The minimum Gasteiger partial charge on any atom is -0.310 e. The van der Waals surface area contributed by atoms with Crippen LogP contribution in [-0.2, 0) is 12.7 Å². The number of pyridine rings is 1. The SMILES string of the molecule is [C-]#[N+]Cc1ncc(C#N)cc1C(F)(F)F. The Balaban J connectivity index is 3.32. The maximum Gasteiger partial charge on any atom is 0.418 e. The highest BCUT2D eigenvalue weighted by atomic mass is 19.4. The topological polar surface area (TPSA) is 41.0 Å². The summed E-state index contributed by atoms with van der Waals surface area (Å²) in [6, 6.07) is 2.27. The van der Waals surface area contributed by atoms with E-state index in [9.17, 15) is 13.2 Å². The molecule has 0 amide bonds. The number of rotatable bonds is 1. The highest BCUT2D eigenvalue weighted by molar-refractivity contribution is 5.35. The lowest BCUT2D eigenvalue weighted by Crippen LogP contribution is -2.10. The molecule has 0 saturated heterocycles. The van der Waals surface area contributed by atoms with Crippen molar-refractivity contribution in [2.75, 3.05) is 0 Å². The van der Waals surface area contributed by atoms with Gasteiger partial charge in [0, 0.05) is 6.20 Å². The minimum atomic E-state index is -4.58. The Hall–Kier alpha value is -2.08. The van der Waals surface area contributed by atoms with Gasteiger partial charge in [-0.25, -0.2) is 6.57 Å². The minimum absolute atomic E-state index is 0.170. The first-order valence-electron chi connectivity index (χ1n) is 3.78. The van der Waals surface area contributed by atoms with Gasteiger partial charge in [-0.3, -0.25) is 4.98 Å². The highest BCUT2D eigenvalue weighted by Gasteiger charge is 2.35. The fourth-order valence-corrected chi connectivity index (χ4v) is 1.00. The van der Waals surface area contributed by atoms with Gasteiger partial charge in [0.1, 0.15) is 11.8 Å². The van der Waals surface area contributed by atoms with Crippen molar-refractivity contribution in [1.29, 1.82) is 5.26 Å². The molecule has 0 spiro atoms. The van der Waals surface area contributed by atoms with Crippen molar-refractivity contribution in [1.82, 2.24) is 4.98 Å². The predicted molar refractivity (Wildman–Crippen MR) is 44.3 cm³/mol. The molecule has 6 heteroatoms. The van der Waals surface area contributed by atoms with Gasteiger partial charge in [-0.1, -0.05) is 0 Å². The van der Waals surface area contributed by atoms with Crippen LogP contribution in [-0.4, -0.2) is 4.98 Å². The largest absolute Gasteiger partial charge is 0.418 e. The molecule has 0 aromatic carbocycles. The van der Waals surface area contributed by atoms with Crippen LogP contribution in [0.2, 0.25) is 0 Å². The number of halogens is 3. The summed E-state index contributed by atoms with van der Waals surface area (Å²) in [5.41, 5.74) is -1.54. The van der Waals surface area contributed by atoms with E-state index in [0.717, 1.165) is 6.20 Å². The molecule has 0 saturated carbocycles. The monoisotopic (exact) mass is 211 g/mol. The molecule has 76 valence electrons. The molecule has 0 radical (unpaired) electrons. The Morgan fingerprint density at radius 3 is 2.67 bits per heavy atom. The maximum atomic E-state index is 12.4. The number of aromatic nitrogens is 1. The zero-order valence-corrected chi connectivity index (χ0v) is 7.34. The first-order chi connectivity index (χ1) is 6.99. The average molecular weight is 211 g/mol. The second-order valence-corrected chi connectivity index (χ2v) is 2.64. The van der Waals surface area contributed by atoms with Crippen LogP contribution in [0.3, 0.4) is 0 Å². The zero-order valence-electron chi connectivity index (χ0n) is 7.34. The molecule has 0 fully saturated rings. The summed E-state index contributed by atoms with van der Waals surface area (Å²) < 4.78 is 37.3. The van der Waals surface area contributed by atoms with E-state index in [2.05, 4.69) is 9.83 Å². The maximum absolute atomic E-state index is 12.4. The molecular formula is C9H4F3N3. The first-order valence-corrected chi connectivity index (χ1v) is 3.78. The van der Waals surface area contributed by atoms with Crippen LogP contribution < -0.4 is 0 Å². The van der Waals surface area contributed by atoms with E-state index in [-0.39, 0.29) is 11.3 Å². The van der Waals surface area contributed by atoms with Crippen LogP contribution in [0.25, 0.3) is 4.85 Å². The summed E-state index contributed by atoms with van der Waals surface area (Å²) in [5.74, 6) is 0. The molecule has 0 aliphatic carbocycles. The van der Waals surface area contributed by atoms with Crippen molar-refractivity contribution in [2.45, 2.75) is 12.7 Å². The summed E-state index contributed by atoms with van der Waals surface area (Å²) in [4.78, 5) is 6.29. The standard InChI is InChI=1S/C9H4F3N3/c1-14-5-8-7(9(10,11)12)2-6(3-13)4-15-8/h2,4H,5H2. The van der Waals surface area contributed by atoms with E-state index in [1.807, 2.05) is 0 Å². The molecule has 1 aromatic rings. The van der Waals surface area contributed by atoms with Gasteiger partial charge in [0.2, 0.25) is 0 Å². The lowest BCUT2D eigenvalue weighted by molar-refractivity contribution is -0.138. The quantitative estimate of drug-likeness (QED) is 0.669. The van der Waals surface area contributed by atoms with Gasteiger partial charge in [-0.15, -0.1) is 0 Å². The fourth-order valence-electron chi connectivity index (χ4n) is 1.00. The molecule has 0 bridgehead atoms. The van der Waals surface area contributed by atoms with Crippen molar-refractivity contribution in [3.05, 3.63) is 40.5 Å². The molecule has 0 N–H and O–H groups in total. The molecule has 0 aliphatic heterocycles. The van der Waals surface area contributed by atoms with E-state index in [0.29, 0.717) is 6.07 Å². The summed E-state index contributed by atoms with van der Waals surface area (Å²) >= 11 is 0. The number of alkyl halides is 3. The number of hydrogen-bond acceptors (Lipinski definition) is 2. The summed E-state index contributed by atoms with van der Waals surface area (Å²) in [6.07, 6.45) is -3.56.